The minimum absolute atomic E-state index is 0.0804. The van der Waals surface area contributed by atoms with Crippen molar-refractivity contribution in [3.05, 3.63) is 60.2 Å². The molecular weight excluding hydrogens is 416 g/mol. The molecule has 4 nitrogen and oxygen atoms in total. The molecule has 4 heteroatoms. The van der Waals surface area contributed by atoms with Crippen LogP contribution in [-0.2, 0) is 0 Å². The Morgan fingerprint density at radius 1 is 0.588 bits per heavy atom. The summed E-state index contributed by atoms with van der Waals surface area (Å²) in [6.45, 7) is 0. The van der Waals surface area contributed by atoms with E-state index in [-0.39, 0.29) is 21.9 Å². The van der Waals surface area contributed by atoms with Crippen molar-refractivity contribution in [2.75, 3.05) is 0 Å². The molecule has 2 heterocycles. The lowest BCUT2D eigenvalue weighted by Crippen LogP contribution is -2.40. The summed E-state index contributed by atoms with van der Waals surface area (Å²) in [5.41, 5.74) is 15.0. The normalized spacial score (nSPS) is 35.1. The Hall–Kier alpha value is -2.66. The highest BCUT2D eigenvalue weighted by Gasteiger charge is 2.49. The van der Waals surface area contributed by atoms with Gasteiger partial charge in [0, 0.05) is 34.3 Å². The van der Waals surface area contributed by atoms with Crippen molar-refractivity contribution in [3.63, 3.8) is 0 Å². The molecule has 0 saturated heterocycles. The fourth-order valence-corrected chi connectivity index (χ4v) is 6.69. The van der Waals surface area contributed by atoms with Crippen molar-refractivity contribution in [3.8, 4) is 23.7 Å². The van der Waals surface area contributed by atoms with Gasteiger partial charge in [-0.2, -0.15) is 0 Å². The van der Waals surface area contributed by atoms with Gasteiger partial charge in [0.15, 0.2) is 0 Å². The number of nitrogens with two attached hydrogens (primary N) is 2. The Kier molecular flexibility index (Phi) is 6.24. The number of pyridine rings is 2. The van der Waals surface area contributed by atoms with E-state index in [0.717, 1.165) is 37.1 Å². The molecule has 0 unspecified atom stereocenters. The van der Waals surface area contributed by atoms with Crippen molar-refractivity contribution in [2.24, 2.45) is 22.3 Å². The van der Waals surface area contributed by atoms with Gasteiger partial charge in [-0.15, -0.1) is 0 Å². The predicted molar refractivity (Wildman–Crippen MR) is 136 cm³/mol. The predicted octanol–water partition coefficient (Wildman–Crippen LogP) is 4.97. The monoisotopic (exact) mass is 452 g/mol. The van der Waals surface area contributed by atoms with Crippen LogP contribution in [-0.4, -0.2) is 21.0 Å². The molecule has 4 bridgehead atoms. The first-order valence-electron chi connectivity index (χ1n) is 12.9. The number of aromatic nitrogens is 2. The third kappa shape index (κ3) is 5.20. The molecule has 4 fully saturated rings. The molecule has 6 rings (SSSR count). The zero-order valence-electron chi connectivity index (χ0n) is 20.2. The van der Waals surface area contributed by atoms with E-state index in [1.165, 1.54) is 51.4 Å². The second-order valence-corrected chi connectivity index (χ2v) is 11.3. The minimum atomic E-state index is 0.0804. The van der Waals surface area contributed by atoms with Crippen LogP contribution in [0.2, 0.25) is 0 Å². The standard InChI is InChI=1S/2C15H18N2/c2*16-15-7-3-6-14(12-15,9-10-15)8-5-13-4-1-2-11-17-13/h2*1-2,4,11H,3,6-7,9-10,12,16H2/t2*14-,15+/m10/s1. The van der Waals surface area contributed by atoms with E-state index in [4.69, 9.17) is 11.5 Å². The average molecular weight is 453 g/mol. The van der Waals surface area contributed by atoms with Crippen LogP contribution in [0.3, 0.4) is 0 Å². The SMILES string of the molecule is N[C@@]12CCC[C@@](C#Cc3ccccn3)(CC1)C2.N[C@]12CCC[C@](C#Cc3ccccn3)(CC1)C2. The molecule has 4 aliphatic carbocycles. The summed E-state index contributed by atoms with van der Waals surface area (Å²) < 4.78 is 0. The maximum Gasteiger partial charge on any atom is 0.113 e. The number of nitrogens with zero attached hydrogens (tertiary/aromatic N) is 2. The molecule has 4 saturated carbocycles. The van der Waals surface area contributed by atoms with Gasteiger partial charge < -0.3 is 11.5 Å². The van der Waals surface area contributed by atoms with Crippen molar-refractivity contribution >= 4 is 0 Å². The van der Waals surface area contributed by atoms with Gasteiger partial charge >= 0.3 is 0 Å². The molecule has 0 aromatic carbocycles. The minimum Gasteiger partial charge on any atom is -0.325 e. The Balaban J connectivity index is 0.000000142. The molecular formula is C30H36N4. The van der Waals surface area contributed by atoms with Crippen LogP contribution >= 0.6 is 0 Å². The highest BCUT2D eigenvalue weighted by molar-refractivity contribution is 5.32. The van der Waals surface area contributed by atoms with Gasteiger partial charge in [0.05, 0.1) is 0 Å². The second-order valence-electron chi connectivity index (χ2n) is 11.3. The van der Waals surface area contributed by atoms with Crippen LogP contribution in [0.15, 0.2) is 48.8 Å². The van der Waals surface area contributed by atoms with E-state index in [1.54, 1.807) is 12.4 Å². The fourth-order valence-electron chi connectivity index (χ4n) is 6.69. The Morgan fingerprint density at radius 3 is 1.47 bits per heavy atom. The molecule has 4 atom stereocenters. The number of rotatable bonds is 0. The van der Waals surface area contributed by atoms with Gasteiger partial charge in [0.25, 0.3) is 0 Å². The Labute approximate surface area is 204 Å². The molecule has 2 aromatic heterocycles. The molecule has 2 aromatic rings. The lowest BCUT2D eigenvalue weighted by Gasteiger charge is -2.33. The summed E-state index contributed by atoms with van der Waals surface area (Å²) >= 11 is 0. The highest BCUT2D eigenvalue weighted by Crippen LogP contribution is 2.53. The Bertz CT molecular complexity index is 1030. The van der Waals surface area contributed by atoms with E-state index in [9.17, 15) is 0 Å². The molecule has 0 radical (unpaired) electrons. The maximum atomic E-state index is 6.37. The number of hydrogen-bond donors (Lipinski definition) is 2. The van der Waals surface area contributed by atoms with Gasteiger partial charge in [-0.05, 0) is 100 Å². The maximum absolute atomic E-state index is 6.37. The van der Waals surface area contributed by atoms with Crippen LogP contribution in [0, 0.1) is 34.5 Å². The lowest BCUT2D eigenvalue weighted by atomic mass is 9.74. The van der Waals surface area contributed by atoms with Crippen LogP contribution in [0.4, 0.5) is 0 Å². The van der Waals surface area contributed by atoms with Crippen molar-refractivity contribution in [1.82, 2.24) is 9.97 Å². The summed E-state index contributed by atoms with van der Waals surface area (Å²) in [7, 11) is 0. The summed E-state index contributed by atoms with van der Waals surface area (Å²) in [6, 6.07) is 11.7. The quantitative estimate of drug-likeness (QED) is 0.553. The van der Waals surface area contributed by atoms with Crippen molar-refractivity contribution < 1.29 is 0 Å². The van der Waals surface area contributed by atoms with Crippen LogP contribution in [0.1, 0.15) is 88.4 Å². The third-order valence-electron chi connectivity index (χ3n) is 8.49. The zero-order valence-corrected chi connectivity index (χ0v) is 20.2. The van der Waals surface area contributed by atoms with Gasteiger partial charge in [-0.25, -0.2) is 9.97 Å². The largest absolute Gasteiger partial charge is 0.325 e. The van der Waals surface area contributed by atoms with E-state index >= 15 is 0 Å². The zero-order chi connectivity index (χ0) is 23.5. The van der Waals surface area contributed by atoms with E-state index in [2.05, 4.69) is 33.6 Å². The van der Waals surface area contributed by atoms with Crippen LogP contribution in [0.5, 0.6) is 0 Å². The molecule has 4 aliphatic rings. The number of fused-ring (bicyclic) bond motifs is 4. The van der Waals surface area contributed by atoms with E-state index < -0.39 is 0 Å². The summed E-state index contributed by atoms with van der Waals surface area (Å²) in [4.78, 5) is 8.51. The van der Waals surface area contributed by atoms with Gasteiger partial charge in [0.1, 0.15) is 11.4 Å². The van der Waals surface area contributed by atoms with Crippen molar-refractivity contribution in [2.45, 2.75) is 88.1 Å². The smallest absolute Gasteiger partial charge is 0.113 e. The van der Waals surface area contributed by atoms with Crippen LogP contribution in [0.25, 0.3) is 0 Å². The van der Waals surface area contributed by atoms with Gasteiger partial charge in [0.2, 0.25) is 0 Å². The fraction of sp³-hybridized carbons (Fsp3) is 0.533. The summed E-state index contributed by atoms with van der Waals surface area (Å²) in [5, 5.41) is 0. The molecule has 0 aliphatic heterocycles. The molecule has 34 heavy (non-hydrogen) atoms. The van der Waals surface area contributed by atoms with Crippen molar-refractivity contribution in [1.29, 1.82) is 0 Å². The Morgan fingerprint density at radius 2 is 1.06 bits per heavy atom. The van der Waals surface area contributed by atoms with Crippen LogP contribution < -0.4 is 11.5 Å². The van der Waals surface area contributed by atoms with Gasteiger partial charge in [-0.3, -0.25) is 0 Å². The molecule has 176 valence electrons. The first-order chi connectivity index (χ1) is 16.4. The first-order valence-corrected chi connectivity index (χ1v) is 12.9. The summed E-state index contributed by atoms with van der Waals surface area (Å²) in [6.07, 6.45) is 17.6. The average Bonchev–Trinajstić information content (AvgIpc) is 3.25. The molecule has 0 amide bonds. The number of hydrogen-bond acceptors (Lipinski definition) is 4. The van der Waals surface area contributed by atoms with Gasteiger partial charge in [-0.1, -0.05) is 36.8 Å². The lowest BCUT2D eigenvalue weighted by molar-refractivity contribution is 0.256. The summed E-state index contributed by atoms with van der Waals surface area (Å²) in [5.74, 6) is 13.4. The highest BCUT2D eigenvalue weighted by atomic mass is 14.8. The van der Waals surface area contributed by atoms with E-state index in [0.29, 0.717) is 0 Å². The first kappa shape index (κ1) is 23.1. The second kappa shape index (κ2) is 9.18. The molecule has 0 spiro atoms. The van der Waals surface area contributed by atoms with E-state index in [1.807, 2.05) is 36.4 Å². The third-order valence-corrected chi connectivity index (χ3v) is 8.49. The molecule has 4 N–H and O–H groups in total. The topological polar surface area (TPSA) is 77.8 Å².